The highest BCUT2D eigenvalue weighted by molar-refractivity contribution is 5.97. The summed E-state index contributed by atoms with van der Waals surface area (Å²) in [5.74, 6) is -0.656. The van der Waals surface area contributed by atoms with Crippen LogP contribution in [-0.4, -0.2) is 35.5 Å². The number of nitrogens with one attached hydrogen (secondary N) is 2. The van der Waals surface area contributed by atoms with Crippen molar-refractivity contribution in [3.63, 3.8) is 0 Å². The molecule has 1 amide bonds. The van der Waals surface area contributed by atoms with Gasteiger partial charge in [-0.25, -0.2) is 0 Å². The number of nitrogens with zero attached hydrogens (tertiary/aromatic N) is 2. The van der Waals surface area contributed by atoms with Crippen LogP contribution in [0.25, 0.3) is 21.9 Å². The summed E-state index contributed by atoms with van der Waals surface area (Å²) < 4.78 is 11.1. The lowest BCUT2D eigenvalue weighted by Gasteiger charge is -2.08. The molecule has 0 aliphatic rings. The number of nitrogens with two attached hydrogens (primary N) is 1. The summed E-state index contributed by atoms with van der Waals surface area (Å²) in [6, 6.07) is 11.8. The van der Waals surface area contributed by atoms with Gasteiger partial charge in [-0.1, -0.05) is 0 Å². The third-order valence-corrected chi connectivity index (χ3v) is 5.50. The molecule has 4 N–H and O–H groups in total. The van der Waals surface area contributed by atoms with Gasteiger partial charge in [0.25, 0.3) is 11.6 Å². The van der Waals surface area contributed by atoms with Crippen molar-refractivity contribution in [2.45, 2.75) is 19.3 Å². The van der Waals surface area contributed by atoms with Crippen molar-refractivity contribution in [3.8, 4) is 11.8 Å². The van der Waals surface area contributed by atoms with Gasteiger partial charge in [0.05, 0.1) is 22.6 Å². The molecule has 0 bridgehead atoms. The number of unbranched alkanes of at least 4 members (excludes halogenated alkanes) is 1. The summed E-state index contributed by atoms with van der Waals surface area (Å²) >= 11 is 0. The number of aryl methyl sites for hydroxylation is 1. The van der Waals surface area contributed by atoms with Crippen molar-refractivity contribution in [1.82, 2.24) is 10.3 Å². The van der Waals surface area contributed by atoms with Crippen LogP contribution in [-0.2, 0) is 6.42 Å². The molecule has 0 aliphatic carbocycles. The Balaban J connectivity index is 1.25. The highest BCUT2D eigenvalue weighted by atomic mass is 16.6. The van der Waals surface area contributed by atoms with E-state index in [1.54, 1.807) is 6.07 Å². The van der Waals surface area contributed by atoms with Crippen LogP contribution in [0.4, 0.5) is 5.69 Å². The van der Waals surface area contributed by atoms with Crippen LogP contribution >= 0.6 is 0 Å². The second kappa shape index (κ2) is 10.1. The Morgan fingerprint density at radius 1 is 1.24 bits per heavy atom. The van der Waals surface area contributed by atoms with Gasteiger partial charge in [-0.3, -0.25) is 14.9 Å². The number of H-pyrrole nitrogens is 1. The van der Waals surface area contributed by atoms with Crippen LogP contribution in [0.2, 0.25) is 0 Å². The first-order valence-electron chi connectivity index (χ1n) is 10.8. The summed E-state index contributed by atoms with van der Waals surface area (Å²) in [4.78, 5) is 25.3. The highest BCUT2D eigenvalue weighted by Crippen LogP contribution is 2.33. The lowest BCUT2D eigenvalue weighted by Crippen LogP contribution is -2.22. The summed E-state index contributed by atoms with van der Waals surface area (Å²) in [5.41, 5.74) is 8.20. The van der Waals surface area contributed by atoms with Crippen LogP contribution in [0.1, 0.15) is 34.5 Å². The molecule has 0 aliphatic heterocycles. The van der Waals surface area contributed by atoms with Crippen molar-refractivity contribution in [2.24, 2.45) is 5.73 Å². The van der Waals surface area contributed by atoms with Gasteiger partial charge < -0.3 is 25.2 Å². The largest absolute Gasteiger partial charge is 0.488 e. The number of furan rings is 1. The fourth-order valence-electron chi connectivity index (χ4n) is 3.82. The number of primary amides is 1. The van der Waals surface area contributed by atoms with E-state index >= 15 is 0 Å². The Bertz CT molecular complexity index is 1400. The van der Waals surface area contributed by atoms with E-state index in [0.29, 0.717) is 17.5 Å². The first-order valence-corrected chi connectivity index (χ1v) is 10.8. The molecule has 10 nitrogen and oxygen atoms in total. The molecule has 34 heavy (non-hydrogen) atoms. The lowest BCUT2D eigenvalue weighted by atomic mass is 10.1. The number of aromatic amines is 1. The third-order valence-electron chi connectivity index (χ3n) is 5.50. The first-order chi connectivity index (χ1) is 16.5. The summed E-state index contributed by atoms with van der Waals surface area (Å²) in [6.45, 7) is 1.58. The highest BCUT2D eigenvalue weighted by Gasteiger charge is 2.18. The average Bonchev–Trinajstić information content (AvgIpc) is 3.44. The molecule has 0 saturated heterocycles. The summed E-state index contributed by atoms with van der Waals surface area (Å²) in [5, 5.41) is 25.0. The normalized spacial score (nSPS) is 11.0. The number of nitriles is 1. The molecule has 2 heterocycles. The predicted molar refractivity (Wildman–Crippen MR) is 126 cm³/mol. The fraction of sp³-hybridized carbons (Fsp3) is 0.250. The second-order valence-corrected chi connectivity index (χ2v) is 7.84. The molecule has 0 unspecified atom stereocenters. The molecule has 174 valence electrons. The van der Waals surface area contributed by atoms with Crippen LogP contribution in [0.3, 0.4) is 0 Å². The number of ether oxygens (including phenoxy) is 1. The van der Waals surface area contributed by atoms with E-state index in [2.05, 4.69) is 16.4 Å². The van der Waals surface area contributed by atoms with Gasteiger partial charge >= 0.3 is 0 Å². The SMILES string of the molecule is N#Cc1ccc2[nH]cc(CCCCNCCOc3cc([N+](=O)[O-])cc4cc(C(N)=O)oc34)c2c1. The van der Waals surface area contributed by atoms with E-state index in [0.717, 1.165) is 36.7 Å². The standard InChI is InChI=1S/C24H23N5O5/c25-13-15-4-5-20-19(9-15)16(14-28-20)3-1-2-6-27-7-8-33-21-12-18(29(31)32)10-17-11-22(24(26)30)34-23(17)21/h4-5,9-12,14,27-28H,1-3,6-8H2,(H2,26,30). The minimum absolute atomic E-state index is 0.0856. The molecule has 4 aromatic rings. The Morgan fingerprint density at radius 2 is 2.09 bits per heavy atom. The van der Waals surface area contributed by atoms with Gasteiger partial charge in [0.2, 0.25) is 0 Å². The maximum atomic E-state index is 11.4. The minimum Gasteiger partial charge on any atom is -0.488 e. The van der Waals surface area contributed by atoms with Crippen molar-refractivity contribution in [1.29, 1.82) is 5.26 Å². The Kier molecular flexibility index (Phi) is 6.75. The zero-order chi connectivity index (χ0) is 24.1. The number of hydrogen-bond acceptors (Lipinski definition) is 7. The van der Waals surface area contributed by atoms with Gasteiger partial charge in [0.15, 0.2) is 17.1 Å². The van der Waals surface area contributed by atoms with E-state index in [9.17, 15) is 14.9 Å². The Hall–Kier alpha value is -4.36. The van der Waals surface area contributed by atoms with Gasteiger partial charge in [0.1, 0.15) is 6.61 Å². The molecule has 0 saturated carbocycles. The number of non-ortho nitro benzene ring substituents is 1. The molecule has 4 rings (SSSR count). The Labute approximate surface area is 194 Å². The van der Waals surface area contributed by atoms with Crippen molar-refractivity contribution < 1.29 is 18.9 Å². The van der Waals surface area contributed by atoms with E-state index < -0.39 is 10.8 Å². The quantitative estimate of drug-likeness (QED) is 0.174. The molecule has 0 fully saturated rings. The third kappa shape index (κ3) is 5.00. The van der Waals surface area contributed by atoms with E-state index in [1.807, 2.05) is 18.3 Å². The number of rotatable bonds is 11. The number of carbonyl (C=O) groups is 1. The number of amides is 1. The van der Waals surface area contributed by atoms with Gasteiger partial charge in [0, 0.05) is 35.1 Å². The number of benzene rings is 2. The van der Waals surface area contributed by atoms with Crippen molar-refractivity contribution in [3.05, 3.63) is 69.6 Å². The molecular weight excluding hydrogens is 438 g/mol. The zero-order valence-corrected chi connectivity index (χ0v) is 18.3. The minimum atomic E-state index is -0.760. The van der Waals surface area contributed by atoms with Crippen LogP contribution in [0.5, 0.6) is 5.75 Å². The number of nitro groups is 1. The van der Waals surface area contributed by atoms with Crippen LogP contribution in [0.15, 0.2) is 47.0 Å². The number of hydrogen-bond donors (Lipinski definition) is 3. The summed E-state index contributed by atoms with van der Waals surface area (Å²) in [7, 11) is 0. The molecular formula is C24H23N5O5. The molecule has 2 aromatic heterocycles. The molecule has 0 spiro atoms. The monoisotopic (exact) mass is 461 g/mol. The predicted octanol–water partition coefficient (Wildman–Crippen LogP) is 3.78. The maximum absolute atomic E-state index is 11.4. The topological polar surface area (TPSA) is 160 Å². The van der Waals surface area contributed by atoms with Crippen LogP contribution < -0.4 is 15.8 Å². The lowest BCUT2D eigenvalue weighted by molar-refractivity contribution is -0.384. The number of fused-ring (bicyclic) bond motifs is 2. The number of nitro benzene ring substituents is 1. The average molecular weight is 461 g/mol. The Morgan fingerprint density at radius 3 is 2.85 bits per heavy atom. The smallest absolute Gasteiger partial charge is 0.284 e. The van der Waals surface area contributed by atoms with E-state index in [1.165, 1.54) is 23.8 Å². The van der Waals surface area contributed by atoms with Crippen LogP contribution in [0, 0.1) is 21.4 Å². The van der Waals surface area contributed by atoms with Gasteiger partial charge in [-0.15, -0.1) is 0 Å². The number of carbonyl (C=O) groups excluding carboxylic acids is 1. The van der Waals surface area contributed by atoms with E-state index in [-0.39, 0.29) is 29.4 Å². The summed E-state index contributed by atoms with van der Waals surface area (Å²) in [6.07, 6.45) is 4.82. The first kappa shape index (κ1) is 22.8. The molecule has 2 aromatic carbocycles. The maximum Gasteiger partial charge on any atom is 0.284 e. The van der Waals surface area contributed by atoms with E-state index in [4.69, 9.17) is 20.1 Å². The van der Waals surface area contributed by atoms with Crippen molar-refractivity contribution in [2.75, 3.05) is 19.7 Å². The second-order valence-electron chi connectivity index (χ2n) is 7.84. The van der Waals surface area contributed by atoms with Crippen molar-refractivity contribution >= 4 is 33.5 Å². The molecule has 0 atom stereocenters. The zero-order valence-electron chi connectivity index (χ0n) is 18.3. The van der Waals surface area contributed by atoms with Gasteiger partial charge in [-0.05, 0) is 55.6 Å². The molecule has 10 heteroatoms. The number of aromatic nitrogens is 1. The molecule has 0 radical (unpaired) electrons. The fourth-order valence-corrected chi connectivity index (χ4v) is 3.82. The van der Waals surface area contributed by atoms with Gasteiger partial charge in [-0.2, -0.15) is 5.26 Å².